The summed E-state index contributed by atoms with van der Waals surface area (Å²) in [6.07, 6.45) is 1.31. The Kier molecular flexibility index (Phi) is 6.68. The highest BCUT2D eigenvalue weighted by atomic mass is 35.5. The van der Waals surface area contributed by atoms with Gasteiger partial charge in [0.1, 0.15) is 4.90 Å². The number of rotatable bonds is 3. The van der Waals surface area contributed by atoms with Gasteiger partial charge in [-0.15, -0.1) is 0 Å². The van der Waals surface area contributed by atoms with E-state index in [9.17, 15) is 17.4 Å². The highest BCUT2D eigenvalue weighted by Crippen LogP contribution is 2.32. The first-order chi connectivity index (χ1) is 12.8. The van der Waals surface area contributed by atoms with Crippen LogP contribution < -0.4 is 5.32 Å². The Morgan fingerprint density at radius 1 is 1.15 bits per heavy atom. The molecule has 2 aliphatic rings. The number of amides is 2. The third-order valence-electron chi connectivity index (χ3n) is 4.69. The molecule has 2 fully saturated rings. The van der Waals surface area contributed by atoms with Gasteiger partial charge in [0.25, 0.3) is 0 Å². The van der Waals surface area contributed by atoms with Gasteiger partial charge in [-0.3, -0.25) is 4.21 Å². The fourth-order valence-electron chi connectivity index (χ4n) is 3.24. The van der Waals surface area contributed by atoms with Gasteiger partial charge < -0.3 is 10.2 Å². The Morgan fingerprint density at radius 3 is 2.41 bits per heavy atom. The van der Waals surface area contributed by atoms with Crippen molar-refractivity contribution >= 4 is 50.1 Å². The van der Waals surface area contributed by atoms with Crippen LogP contribution in [0.25, 0.3) is 0 Å². The predicted molar refractivity (Wildman–Crippen MR) is 106 cm³/mol. The first-order valence-electron chi connectivity index (χ1n) is 8.63. The lowest BCUT2D eigenvalue weighted by molar-refractivity contribution is 0.190. The van der Waals surface area contributed by atoms with E-state index in [0.717, 1.165) is 0 Å². The van der Waals surface area contributed by atoms with Crippen molar-refractivity contribution in [2.75, 3.05) is 37.7 Å². The molecular formula is C16H21Cl2N3O4S2. The molecule has 7 nitrogen and oxygen atoms in total. The molecule has 11 heteroatoms. The summed E-state index contributed by atoms with van der Waals surface area (Å²) >= 11 is 12.2. The van der Waals surface area contributed by atoms with Gasteiger partial charge in [0.2, 0.25) is 10.0 Å². The largest absolute Gasteiger partial charge is 0.334 e. The highest BCUT2D eigenvalue weighted by Gasteiger charge is 2.34. The molecule has 1 atom stereocenters. The molecule has 3 rings (SSSR count). The Morgan fingerprint density at radius 2 is 1.78 bits per heavy atom. The smallest absolute Gasteiger partial charge is 0.317 e. The zero-order chi connectivity index (χ0) is 19.6. The monoisotopic (exact) mass is 453 g/mol. The van der Waals surface area contributed by atoms with E-state index in [1.54, 1.807) is 11.0 Å². The molecule has 0 saturated carbocycles. The summed E-state index contributed by atoms with van der Waals surface area (Å²) in [5.41, 5.74) is 0. The number of piperidine rings is 1. The molecular weight excluding hydrogens is 433 g/mol. The molecule has 150 valence electrons. The maximum atomic E-state index is 13.0. The Bertz CT molecular complexity index is 820. The van der Waals surface area contributed by atoms with E-state index in [1.165, 1.54) is 16.4 Å². The van der Waals surface area contributed by atoms with Crippen LogP contribution in [0.3, 0.4) is 0 Å². The molecule has 1 aromatic rings. The number of benzene rings is 1. The van der Waals surface area contributed by atoms with Crippen LogP contribution in [-0.2, 0) is 20.8 Å². The van der Waals surface area contributed by atoms with Crippen LogP contribution in [-0.4, -0.2) is 71.6 Å². The van der Waals surface area contributed by atoms with E-state index in [0.29, 0.717) is 44.0 Å². The van der Waals surface area contributed by atoms with Crippen molar-refractivity contribution in [2.45, 2.75) is 23.8 Å². The zero-order valence-corrected chi connectivity index (χ0v) is 17.7. The number of halogens is 2. The Balaban J connectivity index is 1.69. The van der Waals surface area contributed by atoms with Crippen LogP contribution in [0.15, 0.2) is 23.1 Å². The summed E-state index contributed by atoms with van der Waals surface area (Å²) in [4.78, 5) is 13.9. The molecule has 0 aromatic heterocycles. The van der Waals surface area contributed by atoms with Crippen molar-refractivity contribution < 1.29 is 17.4 Å². The summed E-state index contributed by atoms with van der Waals surface area (Å²) in [6.45, 7) is 1.40. The van der Waals surface area contributed by atoms with Gasteiger partial charge in [-0.1, -0.05) is 29.3 Å². The van der Waals surface area contributed by atoms with Gasteiger partial charge in [-0.05, 0) is 25.0 Å². The van der Waals surface area contributed by atoms with E-state index >= 15 is 0 Å². The van der Waals surface area contributed by atoms with Gasteiger partial charge in [0.15, 0.2) is 0 Å². The molecule has 0 spiro atoms. The maximum absolute atomic E-state index is 13.0. The quantitative estimate of drug-likeness (QED) is 0.756. The number of sulfonamides is 1. The number of hydrogen-bond donors (Lipinski definition) is 1. The average molecular weight is 454 g/mol. The maximum Gasteiger partial charge on any atom is 0.317 e. The molecule has 0 radical (unpaired) electrons. The number of carbonyl (C=O) groups excluding carboxylic acids is 1. The van der Waals surface area contributed by atoms with Crippen LogP contribution in [0.5, 0.6) is 0 Å². The normalized spacial score (nSPS) is 22.6. The van der Waals surface area contributed by atoms with Gasteiger partial charge in [0.05, 0.1) is 10.0 Å². The van der Waals surface area contributed by atoms with Gasteiger partial charge in [-0.2, -0.15) is 4.31 Å². The third-order valence-corrected chi connectivity index (χ3v) is 8.79. The zero-order valence-electron chi connectivity index (χ0n) is 14.6. The second-order valence-electron chi connectivity index (χ2n) is 6.54. The van der Waals surface area contributed by atoms with Crippen LogP contribution in [0.2, 0.25) is 10.0 Å². The molecule has 27 heavy (non-hydrogen) atoms. The SMILES string of the molecule is O=C(N[C@H]1CCCN(S(=O)(=O)c2c(Cl)cccc2Cl)C1)N1CCS(=O)CC1. The standard InChI is InChI=1S/C16H21Cl2N3O4S2/c17-13-4-1-5-14(18)15(13)27(24,25)21-6-2-3-12(11-21)19-16(22)20-7-9-26(23)10-8-20/h1,4-5,12H,2-3,6-11H2,(H,19,22)/t12-/m0/s1. The van der Waals surface area contributed by atoms with E-state index in [4.69, 9.17) is 23.2 Å². The molecule has 2 amide bonds. The lowest BCUT2D eigenvalue weighted by Gasteiger charge is -2.34. The predicted octanol–water partition coefficient (Wildman–Crippen LogP) is 1.92. The van der Waals surface area contributed by atoms with E-state index in [1.807, 2.05) is 0 Å². The fourth-order valence-corrected chi connectivity index (χ4v) is 6.91. The molecule has 1 N–H and O–H groups in total. The molecule has 2 saturated heterocycles. The van der Waals surface area contributed by atoms with Crippen molar-refractivity contribution in [1.82, 2.24) is 14.5 Å². The topological polar surface area (TPSA) is 86.8 Å². The van der Waals surface area contributed by atoms with Gasteiger partial charge in [-0.25, -0.2) is 13.2 Å². The summed E-state index contributed by atoms with van der Waals surface area (Å²) in [7, 11) is -4.72. The van der Waals surface area contributed by atoms with Crippen LogP contribution in [0.4, 0.5) is 4.79 Å². The summed E-state index contributed by atoms with van der Waals surface area (Å²) in [6, 6.07) is 4.03. The minimum absolute atomic E-state index is 0.0787. The first-order valence-corrected chi connectivity index (χ1v) is 12.3. The van der Waals surface area contributed by atoms with Gasteiger partial charge in [0, 0.05) is 54.5 Å². The number of nitrogens with one attached hydrogen (secondary N) is 1. The highest BCUT2D eigenvalue weighted by molar-refractivity contribution is 7.89. The molecule has 2 aliphatic heterocycles. The molecule has 0 aliphatic carbocycles. The number of hydrogen-bond acceptors (Lipinski definition) is 4. The molecule has 0 unspecified atom stereocenters. The van der Waals surface area contributed by atoms with E-state index in [2.05, 4.69) is 5.32 Å². The second-order valence-corrected chi connectivity index (χ2v) is 10.9. The lowest BCUT2D eigenvalue weighted by Crippen LogP contribution is -2.54. The second kappa shape index (κ2) is 8.65. The van der Waals surface area contributed by atoms with Crippen molar-refractivity contribution in [3.8, 4) is 0 Å². The van der Waals surface area contributed by atoms with E-state index in [-0.39, 0.29) is 33.6 Å². The number of nitrogens with zero attached hydrogens (tertiary/aromatic N) is 2. The number of carbonyl (C=O) groups is 1. The molecule has 0 bridgehead atoms. The van der Waals surface area contributed by atoms with E-state index < -0.39 is 20.8 Å². The van der Waals surface area contributed by atoms with Gasteiger partial charge >= 0.3 is 6.03 Å². The first kappa shape index (κ1) is 20.9. The van der Waals surface area contributed by atoms with Crippen LogP contribution in [0, 0.1) is 0 Å². The number of urea groups is 1. The average Bonchev–Trinajstić information content (AvgIpc) is 2.62. The molecule has 2 heterocycles. The minimum atomic E-state index is -3.86. The van der Waals surface area contributed by atoms with Crippen molar-refractivity contribution in [1.29, 1.82) is 0 Å². The lowest BCUT2D eigenvalue weighted by atomic mass is 10.1. The Hall–Kier alpha value is -0.870. The fraction of sp³-hybridized carbons (Fsp3) is 0.562. The summed E-state index contributed by atoms with van der Waals surface area (Å²) in [5, 5.41) is 3.06. The minimum Gasteiger partial charge on any atom is -0.334 e. The van der Waals surface area contributed by atoms with Crippen LogP contribution >= 0.6 is 23.2 Å². The van der Waals surface area contributed by atoms with Crippen molar-refractivity contribution in [2.24, 2.45) is 0 Å². The summed E-state index contributed by atoms with van der Waals surface area (Å²) in [5.74, 6) is 0.952. The summed E-state index contributed by atoms with van der Waals surface area (Å²) < 4.78 is 38.7. The Labute approximate surface area is 171 Å². The third kappa shape index (κ3) is 4.76. The van der Waals surface area contributed by atoms with Crippen LogP contribution in [0.1, 0.15) is 12.8 Å². The van der Waals surface area contributed by atoms with Crippen molar-refractivity contribution in [3.05, 3.63) is 28.2 Å². The molecule has 1 aromatic carbocycles. The van der Waals surface area contributed by atoms with Crippen molar-refractivity contribution in [3.63, 3.8) is 0 Å².